The molecule has 0 amide bonds. The number of nitrogens with zero attached hydrogens (tertiary/aromatic N) is 2. The Kier molecular flexibility index (Phi) is 3.60. The Morgan fingerprint density at radius 1 is 1.37 bits per heavy atom. The summed E-state index contributed by atoms with van der Waals surface area (Å²) in [7, 11) is 0. The van der Waals surface area contributed by atoms with Crippen molar-refractivity contribution in [1.82, 2.24) is 9.55 Å². The fourth-order valence-corrected chi connectivity index (χ4v) is 2.34. The Balaban J connectivity index is 2.72. The van der Waals surface area contributed by atoms with Crippen molar-refractivity contribution >= 4 is 17.0 Å². The number of aliphatic carboxylic acids is 1. The average Bonchev–Trinajstić information content (AvgIpc) is 2.66. The maximum Gasteiger partial charge on any atom is 0.326 e. The van der Waals surface area contributed by atoms with Crippen molar-refractivity contribution in [2.24, 2.45) is 0 Å². The van der Waals surface area contributed by atoms with E-state index in [4.69, 9.17) is 0 Å². The zero-order valence-corrected chi connectivity index (χ0v) is 11.9. The molecule has 0 spiro atoms. The summed E-state index contributed by atoms with van der Waals surface area (Å²) >= 11 is 0. The smallest absolute Gasteiger partial charge is 0.326 e. The minimum Gasteiger partial charge on any atom is -0.480 e. The number of carboxylic acid groups (broad SMARTS) is 1. The molecule has 1 aromatic heterocycles. The summed E-state index contributed by atoms with van der Waals surface area (Å²) in [6, 6.07) is 3.49. The van der Waals surface area contributed by atoms with Crippen molar-refractivity contribution in [3.8, 4) is 0 Å². The van der Waals surface area contributed by atoms with Crippen LogP contribution >= 0.6 is 0 Å². The first kappa shape index (κ1) is 13.6. The predicted octanol–water partition coefficient (Wildman–Crippen LogP) is 3.25. The van der Waals surface area contributed by atoms with Gasteiger partial charge in [0.1, 0.15) is 11.9 Å². The maximum atomic E-state index is 11.3. The van der Waals surface area contributed by atoms with Crippen LogP contribution in [0.1, 0.15) is 43.3 Å². The van der Waals surface area contributed by atoms with Gasteiger partial charge in [-0.1, -0.05) is 6.92 Å². The lowest BCUT2D eigenvalue weighted by Crippen LogP contribution is -2.18. The third-order valence-corrected chi connectivity index (χ3v) is 3.60. The van der Waals surface area contributed by atoms with Gasteiger partial charge in [-0.3, -0.25) is 0 Å². The Morgan fingerprint density at radius 3 is 2.58 bits per heavy atom. The van der Waals surface area contributed by atoms with Crippen LogP contribution in [0.4, 0.5) is 0 Å². The van der Waals surface area contributed by atoms with Crippen LogP contribution in [0.15, 0.2) is 12.1 Å². The van der Waals surface area contributed by atoms with Gasteiger partial charge in [0.2, 0.25) is 0 Å². The van der Waals surface area contributed by atoms with Gasteiger partial charge in [0.15, 0.2) is 0 Å². The van der Waals surface area contributed by atoms with Gasteiger partial charge in [-0.25, -0.2) is 9.78 Å². The molecule has 2 rings (SSSR count). The Hall–Kier alpha value is -1.84. The molecule has 1 N–H and O–H groups in total. The number of carbonyl (C=O) groups is 1. The van der Waals surface area contributed by atoms with Gasteiger partial charge in [0, 0.05) is 6.42 Å². The average molecular weight is 260 g/mol. The molecule has 0 aliphatic carbocycles. The van der Waals surface area contributed by atoms with E-state index in [1.54, 1.807) is 6.92 Å². The van der Waals surface area contributed by atoms with Gasteiger partial charge in [-0.15, -0.1) is 0 Å². The molecular weight excluding hydrogens is 240 g/mol. The monoisotopic (exact) mass is 260 g/mol. The maximum absolute atomic E-state index is 11.3. The lowest BCUT2D eigenvalue weighted by molar-refractivity contribution is -0.140. The van der Waals surface area contributed by atoms with Gasteiger partial charge in [-0.2, -0.15) is 0 Å². The highest BCUT2D eigenvalue weighted by Crippen LogP contribution is 2.25. The van der Waals surface area contributed by atoms with E-state index in [1.807, 2.05) is 30.5 Å². The number of imidazole rings is 1. The van der Waals surface area contributed by atoms with Crippen LogP contribution in [0.2, 0.25) is 0 Å². The summed E-state index contributed by atoms with van der Waals surface area (Å²) in [6.45, 7) is 7.87. The van der Waals surface area contributed by atoms with Gasteiger partial charge in [-0.05, 0) is 50.5 Å². The van der Waals surface area contributed by atoms with E-state index in [0.29, 0.717) is 0 Å². The molecule has 0 fully saturated rings. The number of carboxylic acids is 1. The summed E-state index contributed by atoms with van der Waals surface area (Å²) in [4.78, 5) is 15.9. The van der Waals surface area contributed by atoms with Gasteiger partial charge < -0.3 is 9.67 Å². The molecular formula is C15H20N2O2. The Bertz CT molecular complexity index is 629. The minimum atomic E-state index is -0.824. The Labute approximate surface area is 113 Å². The van der Waals surface area contributed by atoms with E-state index in [1.165, 1.54) is 5.56 Å². The van der Waals surface area contributed by atoms with Crippen molar-refractivity contribution < 1.29 is 9.90 Å². The highest BCUT2D eigenvalue weighted by atomic mass is 16.4. The zero-order chi connectivity index (χ0) is 14.2. The number of fused-ring (bicyclic) bond motifs is 1. The van der Waals surface area contributed by atoms with Crippen LogP contribution < -0.4 is 0 Å². The number of hydrogen-bond donors (Lipinski definition) is 1. The summed E-state index contributed by atoms with van der Waals surface area (Å²) in [6.07, 6.45) is 1.75. The molecule has 1 atom stereocenters. The Morgan fingerprint density at radius 2 is 2.00 bits per heavy atom. The minimum absolute atomic E-state index is 0.589. The number of benzene rings is 1. The summed E-state index contributed by atoms with van der Waals surface area (Å²) < 4.78 is 1.85. The molecule has 0 radical (unpaired) electrons. The largest absolute Gasteiger partial charge is 0.480 e. The van der Waals surface area contributed by atoms with E-state index in [-0.39, 0.29) is 0 Å². The molecule has 0 saturated heterocycles. The van der Waals surface area contributed by atoms with Crippen LogP contribution in [0.5, 0.6) is 0 Å². The molecule has 0 aliphatic rings. The summed E-state index contributed by atoms with van der Waals surface area (Å²) in [5.41, 5.74) is 4.15. The standard InChI is InChI=1S/C15H20N2O2/c1-5-6-14-16-12-7-9(2)10(3)8-13(12)17(14)11(4)15(18)19/h7-8,11H,5-6H2,1-4H3,(H,18,19). The molecule has 19 heavy (non-hydrogen) atoms. The van der Waals surface area contributed by atoms with Gasteiger partial charge in [0.25, 0.3) is 0 Å². The molecule has 0 saturated carbocycles. The SMILES string of the molecule is CCCc1nc2cc(C)c(C)cc2n1C(C)C(=O)O. The highest BCUT2D eigenvalue weighted by Gasteiger charge is 2.20. The van der Waals surface area contributed by atoms with Crippen molar-refractivity contribution in [1.29, 1.82) is 0 Å². The second-order valence-electron chi connectivity index (χ2n) is 5.09. The first-order valence-corrected chi connectivity index (χ1v) is 6.66. The third kappa shape index (κ3) is 2.35. The third-order valence-electron chi connectivity index (χ3n) is 3.60. The number of rotatable bonds is 4. The second-order valence-corrected chi connectivity index (χ2v) is 5.09. The van der Waals surface area contributed by atoms with Crippen molar-refractivity contribution in [3.05, 3.63) is 29.1 Å². The zero-order valence-electron chi connectivity index (χ0n) is 11.9. The summed E-state index contributed by atoms with van der Waals surface area (Å²) in [5.74, 6) is 0.0345. The molecule has 1 unspecified atom stereocenters. The van der Waals surface area contributed by atoms with Crippen LogP contribution in [0.3, 0.4) is 0 Å². The van der Waals surface area contributed by atoms with Gasteiger partial charge in [0.05, 0.1) is 11.0 Å². The lowest BCUT2D eigenvalue weighted by atomic mass is 10.1. The molecule has 4 heteroatoms. The van der Waals surface area contributed by atoms with Crippen LogP contribution in [-0.4, -0.2) is 20.6 Å². The molecule has 102 valence electrons. The highest BCUT2D eigenvalue weighted by molar-refractivity contribution is 5.81. The van der Waals surface area contributed by atoms with Crippen LogP contribution in [0, 0.1) is 13.8 Å². The molecule has 1 aromatic carbocycles. The topological polar surface area (TPSA) is 55.1 Å². The fourth-order valence-electron chi connectivity index (χ4n) is 2.34. The van der Waals surface area contributed by atoms with E-state index in [2.05, 4.69) is 11.9 Å². The quantitative estimate of drug-likeness (QED) is 0.918. The van der Waals surface area contributed by atoms with Crippen molar-refractivity contribution in [2.45, 2.75) is 46.6 Å². The number of aryl methyl sites for hydroxylation is 3. The predicted molar refractivity (Wildman–Crippen MR) is 75.5 cm³/mol. The molecule has 2 aromatic rings. The number of aromatic nitrogens is 2. The summed E-state index contributed by atoms with van der Waals surface area (Å²) in [5, 5.41) is 9.28. The fraction of sp³-hybridized carbons (Fsp3) is 0.467. The van der Waals surface area contributed by atoms with E-state index in [0.717, 1.165) is 35.3 Å². The normalized spacial score (nSPS) is 12.8. The molecule has 0 aliphatic heterocycles. The van der Waals surface area contributed by atoms with Crippen LogP contribution in [-0.2, 0) is 11.2 Å². The first-order valence-electron chi connectivity index (χ1n) is 6.66. The first-order chi connectivity index (χ1) is 8.95. The van der Waals surface area contributed by atoms with E-state index >= 15 is 0 Å². The van der Waals surface area contributed by atoms with Crippen molar-refractivity contribution in [3.63, 3.8) is 0 Å². The molecule has 1 heterocycles. The van der Waals surface area contributed by atoms with Crippen molar-refractivity contribution in [2.75, 3.05) is 0 Å². The second kappa shape index (κ2) is 5.03. The van der Waals surface area contributed by atoms with E-state index in [9.17, 15) is 9.90 Å². The number of hydrogen-bond acceptors (Lipinski definition) is 2. The van der Waals surface area contributed by atoms with E-state index < -0.39 is 12.0 Å². The molecule has 4 nitrogen and oxygen atoms in total. The lowest BCUT2D eigenvalue weighted by Gasteiger charge is -2.13. The molecule has 0 bridgehead atoms. The van der Waals surface area contributed by atoms with Gasteiger partial charge >= 0.3 is 5.97 Å². The van der Waals surface area contributed by atoms with Crippen LogP contribution in [0.25, 0.3) is 11.0 Å².